The minimum Gasteiger partial charge on any atom is -2.00 e. The minimum atomic E-state index is -4.61. The second-order valence-corrected chi connectivity index (χ2v) is 1.80. The van der Waals surface area contributed by atoms with Crippen LogP contribution < -0.4 is 0 Å². The van der Waals surface area contributed by atoms with Crippen LogP contribution in [-0.4, -0.2) is 141 Å². The average Bonchev–Trinajstić information content (AvgIpc) is 0.722. The summed E-state index contributed by atoms with van der Waals surface area (Å²) in [7, 11) is -4.61. The molecule has 0 radical (unpaired) electrons. The van der Waals surface area contributed by atoms with Crippen LogP contribution in [0.25, 0.3) is 0 Å². The molecule has 4 N–H and O–H groups in total. The van der Waals surface area contributed by atoms with Crippen LogP contribution >= 0.6 is 0 Å². The summed E-state index contributed by atoms with van der Waals surface area (Å²) in [6.07, 6.45) is 0. The zero-order valence-electron chi connectivity index (χ0n) is 4.82. The first-order valence-electron chi connectivity index (χ1n) is 0.894. The van der Waals surface area contributed by atoms with Crippen LogP contribution in [0.15, 0.2) is 0 Å². The van der Waals surface area contributed by atoms with Gasteiger partial charge < -0.3 is 24.7 Å². The van der Waals surface area contributed by atoms with Gasteiger partial charge in [0.25, 0.3) is 0 Å². The van der Waals surface area contributed by atoms with Crippen molar-refractivity contribution in [3.05, 3.63) is 0 Å². The maximum atomic E-state index is 7.33. The second kappa shape index (κ2) is 14.3. The third-order valence-electron chi connectivity index (χ3n) is 0. The van der Waals surface area contributed by atoms with Crippen LogP contribution in [0.1, 0.15) is 0 Å². The number of rotatable bonds is 0. The van der Waals surface area contributed by atoms with E-state index in [4.69, 9.17) is 19.2 Å². The van der Waals surface area contributed by atoms with Crippen molar-refractivity contribution in [2.45, 2.75) is 0 Å². The summed E-state index contributed by atoms with van der Waals surface area (Å²) in [6.45, 7) is 0. The van der Waals surface area contributed by atoms with E-state index in [1.54, 1.807) is 0 Å². The van der Waals surface area contributed by atoms with Gasteiger partial charge in [-0.1, -0.05) is 0 Å². The Labute approximate surface area is 143 Å². The number of hydrogen-bond acceptors (Lipinski definition) is 4. The van der Waals surface area contributed by atoms with E-state index in [2.05, 4.69) is 0 Å². The molecular formula is H4Ca3O5Si+4. The van der Waals surface area contributed by atoms with Crippen molar-refractivity contribution in [3.8, 4) is 0 Å². The molecule has 5 nitrogen and oxygen atoms in total. The quantitative estimate of drug-likeness (QED) is 0.320. The zero-order chi connectivity index (χ0) is 4.50. The van der Waals surface area contributed by atoms with E-state index in [0.717, 1.165) is 0 Å². The Balaban J connectivity index is -0.0000000133. The third-order valence-corrected chi connectivity index (χ3v) is 0. The summed E-state index contributed by atoms with van der Waals surface area (Å²) in [4.78, 5) is 29.3. The summed E-state index contributed by atoms with van der Waals surface area (Å²) in [5, 5.41) is 0. The van der Waals surface area contributed by atoms with E-state index in [9.17, 15) is 0 Å². The molecule has 0 saturated carbocycles. The van der Waals surface area contributed by atoms with Gasteiger partial charge >= 0.3 is 122 Å². The Kier molecular flexibility index (Phi) is 46.6. The molecule has 0 rings (SSSR count). The van der Waals surface area contributed by atoms with Gasteiger partial charge in [0, 0.05) is 0 Å². The van der Waals surface area contributed by atoms with E-state index in [-0.39, 0.29) is 119 Å². The van der Waals surface area contributed by atoms with Crippen LogP contribution in [-0.2, 0) is 5.48 Å². The van der Waals surface area contributed by atoms with Crippen molar-refractivity contribution >= 4 is 122 Å². The maximum Gasteiger partial charge on any atom is 2.00 e. The van der Waals surface area contributed by atoms with E-state index < -0.39 is 9.05 Å². The number of hydrogen-bond donors (Lipinski definition) is 4. The van der Waals surface area contributed by atoms with Crippen molar-refractivity contribution in [3.63, 3.8) is 0 Å². The Morgan fingerprint density at radius 1 is 0.667 bits per heavy atom. The summed E-state index contributed by atoms with van der Waals surface area (Å²) in [5.41, 5.74) is 0. The Morgan fingerprint density at radius 2 is 0.667 bits per heavy atom. The van der Waals surface area contributed by atoms with Gasteiger partial charge in [-0.3, -0.25) is 0 Å². The molecule has 0 heterocycles. The van der Waals surface area contributed by atoms with Gasteiger partial charge in [0.15, 0.2) is 0 Å². The first kappa shape index (κ1) is 29.3. The van der Waals surface area contributed by atoms with Crippen LogP contribution in [0.2, 0.25) is 0 Å². The Morgan fingerprint density at radius 3 is 0.667 bits per heavy atom. The van der Waals surface area contributed by atoms with Gasteiger partial charge in [0.05, 0.1) is 0 Å². The van der Waals surface area contributed by atoms with E-state index in [0.29, 0.717) is 0 Å². The third kappa shape index (κ3) is 78.6. The van der Waals surface area contributed by atoms with Crippen molar-refractivity contribution in [2.75, 3.05) is 0 Å². The largest absolute Gasteiger partial charge is 2.00 e. The fraction of sp³-hybridized carbons (Fsp3) is 0. The van der Waals surface area contributed by atoms with Crippen LogP contribution in [0.5, 0.6) is 0 Å². The molecule has 0 spiro atoms. The van der Waals surface area contributed by atoms with Gasteiger partial charge in [0.2, 0.25) is 0 Å². The Hall–Kier alpha value is 3.80. The molecule has 0 atom stereocenters. The van der Waals surface area contributed by atoms with Crippen molar-refractivity contribution < 1.29 is 24.7 Å². The van der Waals surface area contributed by atoms with Crippen LogP contribution in [0.4, 0.5) is 0 Å². The van der Waals surface area contributed by atoms with Crippen molar-refractivity contribution in [1.82, 2.24) is 0 Å². The first-order chi connectivity index (χ1) is 2.00. The van der Waals surface area contributed by atoms with E-state index >= 15 is 0 Å². The first-order valence-corrected chi connectivity index (χ1v) is 2.68. The fourth-order valence-electron chi connectivity index (χ4n) is 0. The van der Waals surface area contributed by atoms with E-state index in [1.807, 2.05) is 0 Å². The van der Waals surface area contributed by atoms with Gasteiger partial charge in [-0.05, 0) is 0 Å². The van der Waals surface area contributed by atoms with E-state index in [1.165, 1.54) is 0 Å². The summed E-state index contributed by atoms with van der Waals surface area (Å²) >= 11 is 0. The van der Waals surface area contributed by atoms with Gasteiger partial charge in [-0.25, -0.2) is 0 Å². The van der Waals surface area contributed by atoms with Crippen LogP contribution in [0.3, 0.4) is 0 Å². The minimum absolute atomic E-state index is 0. The molecule has 0 aliphatic carbocycles. The van der Waals surface area contributed by atoms with Crippen molar-refractivity contribution in [2.24, 2.45) is 0 Å². The molecule has 0 unspecified atom stereocenters. The molecule has 0 aromatic rings. The molecule has 0 aliphatic heterocycles. The summed E-state index contributed by atoms with van der Waals surface area (Å²) in [5.74, 6) is 0. The average molecular weight is 232 g/mol. The summed E-state index contributed by atoms with van der Waals surface area (Å²) in [6, 6.07) is 0. The van der Waals surface area contributed by atoms with Crippen LogP contribution in [0, 0.1) is 0 Å². The van der Waals surface area contributed by atoms with Gasteiger partial charge in [-0.15, -0.1) is 0 Å². The molecule has 0 aromatic heterocycles. The molecule has 0 amide bonds. The molecule has 0 aromatic carbocycles. The smallest absolute Gasteiger partial charge is 2.00 e. The standard InChI is InChI=1S/3Ca.H4O4Si.O/c;;;1-5(2,3)4;/h;;;1-4H;/q3*+2;;-2. The normalized spacial score (nSPS) is 6.67. The predicted molar refractivity (Wildman–Crippen MR) is 32.6 cm³/mol. The SMILES string of the molecule is O[Si](O)(O)O.[Ca+2].[Ca+2].[Ca+2].[O-2]. The molecule has 40 valence electrons. The molecule has 0 fully saturated rings. The molecule has 9 heteroatoms. The monoisotopic (exact) mass is 232 g/mol. The van der Waals surface area contributed by atoms with Crippen molar-refractivity contribution in [1.29, 1.82) is 0 Å². The molecule has 0 bridgehead atoms. The second-order valence-electron chi connectivity index (χ2n) is 0.600. The fourth-order valence-corrected chi connectivity index (χ4v) is 0. The predicted octanol–water partition coefficient (Wildman–Crippen LogP) is -3.87. The van der Waals surface area contributed by atoms with Gasteiger partial charge in [0.1, 0.15) is 0 Å². The molecular weight excluding hydrogens is 228 g/mol. The topological polar surface area (TPSA) is 109 Å². The molecule has 9 heavy (non-hydrogen) atoms. The molecule has 0 aliphatic rings. The Bertz CT molecular complexity index is 27.7. The van der Waals surface area contributed by atoms with Gasteiger partial charge in [-0.2, -0.15) is 0 Å². The summed E-state index contributed by atoms with van der Waals surface area (Å²) < 4.78 is 0. The molecule has 0 saturated heterocycles. The maximum absolute atomic E-state index is 7.33. The zero-order valence-corrected chi connectivity index (χ0v) is 12.4.